The Balaban J connectivity index is 2.04. The second kappa shape index (κ2) is 9.11. The quantitative estimate of drug-likeness (QED) is 0.797. The minimum Gasteiger partial charge on any atom is -0.353 e. The first-order valence-corrected chi connectivity index (χ1v) is 9.76. The zero-order valence-electron chi connectivity index (χ0n) is 14.9. The third-order valence-corrected chi connectivity index (χ3v) is 5.44. The first kappa shape index (κ1) is 18.8. The highest BCUT2D eigenvalue weighted by Gasteiger charge is 2.24. The van der Waals surface area contributed by atoms with Crippen molar-refractivity contribution in [2.45, 2.75) is 62.9 Å². The fourth-order valence-corrected chi connectivity index (χ4v) is 3.96. The summed E-state index contributed by atoms with van der Waals surface area (Å²) in [5, 5.41) is 2.88. The Bertz CT molecular complexity index is 568. The summed E-state index contributed by atoms with van der Waals surface area (Å²) in [7, 11) is 1.91. The van der Waals surface area contributed by atoms with Gasteiger partial charge in [-0.05, 0) is 38.8 Å². The minimum absolute atomic E-state index is 0.00196. The number of nitrogens with zero attached hydrogens (tertiary/aromatic N) is 1. The van der Waals surface area contributed by atoms with Crippen LogP contribution in [-0.2, 0) is 4.79 Å². The van der Waals surface area contributed by atoms with Gasteiger partial charge in [-0.1, -0.05) is 31.4 Å². The number of carbonyl (C=O) groups is 2. The zero-order chi connectivity index (χ0) is 17.5. The summed E-state index contributed by atoms with van der Waals surface area (Å²) in [6, 6.07) is 8.07. The maximum absolute atomic E-state index is 12.9. The van der Waals surface area contributed by atoms with E-state index < -0.39 is 0 Å². The molecule has 0 atom stereocenters. The van der Waals surface area contributed by atoms with Crippen molar-refractivity contribution in [2.24, 2.45) is 0 Å². The van der Waals surface area contributed by atoms with E-state index in [-0.39, 0.29) is 17.9 Å². The van der Waals surface area contributed by atoms with Gasteiger partial charge in [0.1, 0.15) is 0 Å². The molecule has 1 aliphatic rings. The summed E-state index contributed by atoms with van der Waals surface area (Å²) in [5.74, 6) is 0.391. The van der Waals surface area contributed by atoms with Crippen LogP contribution in [0.25, 0.3) is 0 Å². The predicted molar refractivity (Wildman–Crippen MR) is 99.4 cm³/mol. The van der Waals surface area contributed by atoms with Crippen LogP contribution < -0.4 is 5.32 Å². The van der Waals surface area contributed by atoms with Crippen LogP contribution in [0.3, 0.4) is 0 Å². The average Bonchev–Trinajstić information content (AvgIpc) is 2.59. The number of hydrogen-bond donors (Lipinski definition) is 1. The summed E-state index contributed by atoms with van der Waals surface area (Å²) in [6.07, 6.45) is 5.86. The van der Waals surface area contributed by atoms with E-state index in [1.54, 1.807) is 0 Å². The average molecular weight is 349 g/mol. The minimum atomic E-state index is -0.00196. The van der Waals surface area contributed by atoms with Crippen molar-refractivity contribution in [3.63, 3.8) is 0 Å². The first-order chi connectivity index (χ1) is 11.5. The van der Waals surface area contributed by atoms with E-state index in [9.17, 15) is 9.59 Å². The molecule has 1 aromatic rings. The molecule has 0 aliphatic heterocycles. The van der Waals surface area contributed by atoms with E-state index in [0.29, 0.717) is 17.4 Å². The third kappa shape index (κ3) is 5.26. The van der Waals surface area contributed by atoms with Crippen LogP contribution in [0.1, 0.15) is 56.3 Å². The number of benzene rings is 1. The number of nitrogens with one attached hydrogen (secondary N) is 1. The summed E-state index contributed by atoms with van der Waals surface area (Å²) in [5.41, 5.74) is 0.702. The van der Waals surface area contributed by atoms with E-state index in [1.807, 2.05) is 50.1 Å². The maximum Gasteiger partial charge on any atom is 0.254 e. The second-order valence-electron chi connectivity index (χ2n) is 6.71. The SMILES string of the molecule is CC(C)NC(=O)CSc1ccccc1C(=O)N(C)C1CCCCC1. The van der Waals surface area contributed by atoms with Crippen molar-refractivity contribution in [2.75, 3.05) is 12.8 Å². The van der Waals surface area contributed by atoms with Crippen LogP contribution in [0.4, 0.5) is 0 Å². The fourth-order valence-electron chi connectivity index (χ4n) is 3.10. The van der Waals surface area contributed by atoms with E-state index in [1.165, 1.54) is 31.0 Å². The van der Waals surface area contributed by atoms with Gasteiger partial charge in [0, 0.05) is 24.0 Å². The van der Waals surface area contributed by atoms with Crippen LogP contribution in [0, 0.1) is 0 Å². The van der Waals surface area contributed by atoms with E-state index in [0.717, 1.165) is 17.7 Å². The lowest BCUT2D eigenvalue weighted by Gasteiger charge is -2.31. The van der Waals surface area contributed by atoms with Crippen molar-refractivity contribution >= 4 is 23.6 Å². The normalized spacial score (nSPS) is 15.3. The molecule has 1 saturated carbocycles. The number of rotatable bonds is 6. The van der Waals surface area contributed by atoms with Gasteiger partial charge in [0.05, 0.1) is 11.3 Å². The molecule has 5 heteroatoms. The van der Waals surface area contributed by atoms with E-state index >= 15 is 0 Å². The van der Waals surface area contributed by atoms with Crippen molar-refractivity contribution in [1.82, 2.24) is 10.2 Å². The molecule has 2 amide bonds. The van der Waals surface area contributed by atoms with Gasteiger partial charge in [-0.3, -0.25) is 9.59 Å². The standard InChI is InChI=1S/C19H28N2O2S/c1-14(2)20-18(22)13-24-17-12-8-7-11-16(17)19(23)21(3)15-9-5-4-6-10-15/h7-8,11-12,14-15H,4-6,9-10,13H2,1-3H3,(H,20,22). The molecule has 1 aliphatic carbocycles. The van der Waals surface area contributed by atoms with E-state index in [2.05, 4.69) is 5.32 Å². The Labute approximate surface area is 149 Å². The Hall–Kier alpha value is -1.49. The molecule has 1 aromatic carbocycles. The van der Waals surface area contributed by atoms with Gasteiger partial charge in [0.2, 0.25) is 5.91 Å². The largest absolute Gasteiger partial charge is 0.353 e. The monoisotopic (exact) mass is 348 g/mol. The zero-order valence-corrected chi connectivity index (χ0v) is 15.7. The van der Waals surface area contributed by atoms with Crippen molar-refractivity contribution in [3.8, 4) is 0 Å². The maximum atomic E-state index is 12.9. The fraction of sp³-hybridized carbons (Fsp3) is 0.579. The summed E-state index contributed by atoms with van der Waals surface area (Å²) in [6.45, 7) is 3.89. The molecule has 0 unspecified atom stereocenters. The van der Waals surface area contributed by atoms with E-state index in [4.69, 9.17) is 0 Å². The highest BCUT2D eigenvalue weighted by molar-refractivity contribution is 8.00. The molecule has 1 N–H and O–H groups in total. The molecule has 0 bridgehead atoms. The molecule has 0 radical (unpaired) electrons. The lowest BCUT2D eigenvalue weighted by Crippen LogP contribution is -2.38. The van der Waals surface area contributed by atoms with Crippen LogP contribution >= 0.6 is 11.8 Å². The Morgan fingerprint density at radius 1 is 1.21 bits per heavy atom. The second-order valence-corrected chi connectivity index (χ2v) is 7.73. The lowest BCUT2D eigenvalue weighted by atomic mass is 9.94. The number of hydrogen-bond acceptors (Lipinski definition) is 3. The van der Waals surface area contributed by atoms with Crippen molar-refractivity contribution in [1.29, 1.82) is 0 Å². The molecule has 4 nitrogen and oxygen atoms in total. The first-order valence-electron chi connectivity index (χ1n) is 8.77. The molecule has 0 spiro atoms. The number of amides is 2. The highest BCUT2D eigenvalue weighted by Crippen LogP contribution is 2.27. The topological polar surface area (TPSA) is 49.4 Å². The summed E-state index contributed by atoms with van der Waals surface area (Å²) < 4.78 is 0. The Kier molecular flexibility index (Phi) is 7.16. The van der Waals surface area contributed by atoms with Crippen LogP contribution in [0.5, 0.6) is 0 Å². The molecule has 0 aromatic heterocycles. The van der Waals surface area contributed by atoms with Gasteiger partial charge in [0.25, 0.3) is 5.91 Å². The Morgan fingerprint density at radius 3 is 2.54 bits per heavy atom. The molecular weight excluding hydrogens is 320 g/mol. The van der Waals surface area contributed by atoms with Gasteiger partial charge < -0.3 is 10.2 Å². The van der Waals surface area contributed by atoms with Gasteiger partial charge in [-0.2, -0.15) is 0 Å². The van der Waals surface area contributed by atoms with Crippen molar-refractivity contribution < 1.29 is 9.59 Å². The third-order valence-electron chi connectivity index (χ3n) is 4.37. The smallest absolute Gasteiger partial charge is 0.254 e. The van der Waals surface area contributed by atoms with Crippen LogP contribution in [-0.4, -0.2) is 41.6 Å². The van der Waals surface area contributed by atoms with Crippen molar-refractivity contribution in [3.05, 3.63) is 29.8 Å². The Morgan fingerprint density at radius 2 is 1.88 bits per heavy atom. The molecule has 1 fully saturated rings. The number of carbonyl (C=O) groups excluding carboxylic acids is 2. The van der Waals surface area contributed by atoms with Gasteiger partial charge in [-0.25, -0.2) is 0 Å². The highest BCUT2D eigenvalue weighted by atomic mass is 32.2. The summed E-state index contributed by atoms with van der Waals surface area (Å²) >= 11 is 1.43. The predicted octanol–water partition coefficient (Wildman–Crippen LogP) is 3.71. The lowest BCUT2D eigenvalue weighted by molar-refractivity contribution is -0.119. The van der Waals surface area contributed by atoms with Gasteiger partial charge >= 0.3 is 0 Å². The molecule has 0 saturated heterocycles. The van der Waals surface area contributed by atoms with Crippen LogP contribution in [0.2, 0.25) is 0 Å². The summed E-state index contributed by atoms with van der Waals surface area (Å²) in [4.78, 5) is 27.5. The molecule has 0 heterocycles. The number of thioether (sulfide) groups is 1. The molecule has 2 rings (SSSR count). The van der Waals surface area contributed by atoms with Gasteiger partial charge in [0.15, 0.2) is 0 Å². The molecular formula is C19H28N2O2S. The van der Waals surface area contributed by atoms with Crippen LogP contribution in [0.15, 0.2) is 29.2 Å². The molecule has 24 heavy (non-hydrogen) atoms. The van der Waals surface area contributed by atoms with Gasteiger partial charge in [-0.15, -0.1) is 11.8 Å². The molecule has 132 valence electrons.